The summed E-state index contributed by atoms with van der Waals surface area (Å²) in [5.41, 5.74) is 0. The summed E-state index contributed by atoms with van der Waals surface area (Å²) in [5.74, 6) is -0.241. The molecule has 3 heteroatoms. The topological polar surface area (TPSA) is 20.2 Å². The molecule has 0 aromatic heterocycles. The van der Waals surface area contributed by atoms with E-state index in [1.807, 2.05) is 0 Å². The highest BCUT2D eigenvalue weighted by Gasteiger charge is 1.85. The van der Waals surface area contributed by atoms with Gasteiger partial charge in [-0.25, -0.2) is 4.39 Å². The molecule has 0 saturated carbocycles. The van der Waals surface area contributed by atoms with Gasteiger partial charge in [-0.3, -0.25) is 0 Å². The minimum atomic E-state index is -0.331. The van der Waals surface area contributed by atoms with Gasteiger partial charge in [0.15, 0.2) is 0 Å². The van der Waals surface area contributed by atoms with Gasteiger partial charge in [-0.2, -0.15) is 0 Å². The second kappa shape index (κ2) is 3.66. The SMILES string of the molecule is I.Oc1ccc(F)cc1. The minimum Gasteiger partial charge on any atom is -0.508 e. The van der Waals surface area contributed by atoms with Gasteiger partial charge >= 0.3 is 0 Å². The molecule has 0 amide bonds. The summed E-state index contributed by atoms with van der Waals surface area (Å²) in [6, 6.07) is 5.01. The zero-order chi connectivity index (χ0) is 5.98. The predicted molar refractivity (Wildman–Crippen MR) is 43.5 cm³/mol. The molecule has 0 aliphatic carbocycles. The van der Waals surface area contributed by atoms with E-state index in [0.717, 1.165) is 0 Å². The fourth-order valence-electron chi connectivity index (χ4n) is 0.441. The maximum absolute atomic E-state index is 12.0. The van der Waals surface area contributed by atoms with E-state index in [0.29, 0.717) is 0 Å². The van der Waals surface area contributed by atoms with Gasteiger partial charge in [0.2, 0.25) is 0 Å². The van der Waals surface area contributed by atoms with E-state index in [4.69, 9.17) is 5.11 Å². The smallest absolute Gasteiger partial charge is 0.123 e. The Morgan fingerprint density at radius 1 is 1.11 bits per heavy atom. The molecular weight excluding hydrogens is 234 g/mol. The number of halogens is 2. The lowest BCUT2D eigenvalue weighted by atomic mass is 10.3. The molecule has 0 radical (unpaired) electrons. The fourth-order valence-corrected chi connectivity index (χ4v) is 0.441. The molecular formula is C6H6FIO. The lowest BCUT2D eigenvalue weighted by molar-refractivity contribution is 0.473. The van der Waals surface area contributed by atoms with Crippen molar-refractivity contribution in [2.75, 3.05) is 0 Å². The highest BCUT2D eigenvalue weighted by Crippen LogP contribution is 2.06. The van der Waals surface area contributed by atoms with Gasteiger partial charge in [0.25, 0.3) is 0 Å². The number of hydrogen-bond donors (Lipinski definition) is 1. The van der Waals surface area contributed by atoms with Gasteiger partial charge in [-0.1, -0.05) is 0 Å². The Hall–Kier alpha value is -0.320. The number of benzene rings is 1. The standard InChI is InChI=1S/C6H5FO.HI/c7-5-1-3-6(8)4-2-5;/h1-4,8H;1H. The molecule has 1 rings (SSSR count). The first kappa shape index (κ1) is 8.68. The first-order valence-corrected chi connectivity index (χ1v) is 2.23. The number of phenols is 1. The van der Waals surface area contributed by atoms with Crippen molar-refractivity contribution in [3.8, 4) is 5.75 Å². The summed E-state index contributed by atoms with van der Waals surface area (Å²) < 4.78 is 12.0. The molecule has 0 bridgehead atoms. The third-order valence-electron chi connectivity index (χ3n) is 0.827. The van der Waals surface area contributed by atoms with E-state index in [9.17, 15) is 4.39 Å². The summed E-state index contributed by atoms with van der Waals surface area (Å²) >= 11 is 0. The molecule has 0 unspecified atom stereocenters. The molecule has 0 fully saturated rings. The number of hydrogen-bond acceptors (Lipinski definition) is 1. The van der Waals surface area contributed by atoms with Gasteiger partial charge in [0, 0.05) is 0 Å². The van der Waals surface area contributed by atoms with Crippen LogP contribution < -0.4 is 0 Å². The van der Waals surface area contributed by atoms with Crippen molar-refractivity contribution in [3.05, 3.63) is 30.1 Å². The van der Waals surface area contributed by atoms with Gasteiger partial charge in [-0.15, -0.1) is 24.0 Å². The maximum atomic E-state index is 12.0. The molecule has 0 atom stereocenters. The average Bonchev–Trinajstić information content (AvgIpc) is 1.77. The van der Waals surface area contributed by atoms with Crippen LogP contribution in [0.25, 0.3) is 0 Å². The Bertz CT molecular complexity index is 152. The molecule has 1 aromatic carbocycles. The van der Waals surface area contributed by atoms with E-state index in [2.05, 4.69) is 0 Å². The number of aromatic hydroxyl groups is 1. The van der Waals surface area contributed by atoms with Gasteiger partial charge in [0.1, 0.15) is 11.6 Å². The quantitative estimate of drug-likeness (QED) is 0.689. The molecule has 1 nitrogen and oxygen atoms in total. The van der Waals surface area contributed by atoms with E-state index in [1.54, 1.807) is 0 Å². The third-order valence-corrected chi connectivity index (χ3v) is 0.827. The second-order valence-corrected chi connectivity index (χ2v) is 1.48. The van der Waals surface area contributed by atoms with E-state index < -0.39 is 0 Å². The lowest BCUT2D eigenvalue weighted by Gasteiger charge is -1.86. The Kier molecular flexibility index (Phi) is 3.53. The van der Waals surface area contributed by atoms with E-state index >= 15 is 0 Å². The van der Waals surface area contributed by atoms with Crippen molar-refractivity contribution in [2.24, 2.45) is 0 Å². The molecule has 1 aromatic rings. The molecule has 0 spiro atoms. The van der Waals surface area contributed by atoms with Crippen LogP contribution in [-0.4, -0.2) is 5.11 Å². The molecule has 0 saturated heterocycles. The Morgan fingerprint density at radius 2 is 1.56 bits per heavy atom. The van der Waals surface area contributed by atoms with Crippen molar-refractivity contribution in [3.63, 3.8) is 0 Å². The second-order valence-electron chi connectivity index (χ2n) is 1.48. The average molecular weight is 240 g/mol. The summed E-state index contributed by atoms with van der Waals surface area (Å²) in [5, 5.41) is 8.59. The van der Waals surface area contributed by atoms with Crippen LogP contribution in [0.2, 0.25) is 0 Å². The molecule has 9 heavy (non-hydrogen) atoms. The van der Waals surface area contributed by atoms with E-state index in [1.165, 1.54) is 24.3 Å². The first-order chi connectivity index (χ1) is 3.79. The largest absolute Gasteiger partial charge is 0.508 e. The van der Waals surface area contributed by atoms with Crippen LogP contribution in [-0.2, 0) is 0 Å². The minimum absolute atomic E-state index is 0. The van der Waals surface area contributed by atoms with Crippen LogP contribution in [0.5, 0.6) is 5.75 Å². The van der Waals surface area contributed by atoms with Crippen molar-refractivity contribution >= 4 is 24.0 Å². The van der Waals surface area contributed by atoms with Crippen molar-refractivity contribution < 1.29 is 9.50 Å². The van der Waals surface area contributed by atoms with Crippen molar-refractivity contribution in [2.45, 2.75) is 0 Å². The predicted octanol–water partition coefficient (Wildman–Crippen LogP) is 2.15. The monoisotopic (exact) mass is 240 g/mol. The first-order valence-electron chi connectivity index (χ1n) is 2.23. The number of phenolic OH excluding ortho intramolecular Hbond substituents is 1. The lowest BCUT2D eigenvalue weighted by Crippen LogP contribution is -1.67. The highest BCUT2D eigenvalue weighted by atomic mass is 127. The van der Waals surface area contributed by atoms with Crippen LogP contribution in [0, 0.1) is 5.82 Å². The fraction of sp³-hybridized carbons (Fsp3) is 0. The van der Waals surface area contributed by atoms with Gasteiger partial charge < -0.3 is 5.11 Å². The van der Waals surface area contributed by atoms with Crippen LogP contribution in [0.1, 0.15) is 0 Å². The maximum Gasteiger partial charge on any atom is 0.123 e. The third kappa shape index (κ3) is 2.64. The normalized spacial score (nSPS) is 8.11. The number of rotatable bonds is 0. The summed E-state index contributed by atoms with van der Waals surface area (Å²) in [7, 11) is 0. The van der Waals surface area contributed by atoms with Crippen molar-refractivity contribution in [1.82, 2.24) is 0 Å². The summed E-state index contributed by atoms with van der Waals surface area (Å²) in [6.45, 7) is 0. The molecule has 0 aliphatic heterocycles. The van der Waals surface area contributed by atoms with Gasteiger partial charge in [-0.05, 0) is 24.3 Å². The Labute approximate surface area is 69.5 Å². The highest BCUT2D eigenvalue weighted by molar-refractivity contribution is 14.0. The van der Waals surface area contributed by atoms with Crippen LogP contribution in [0.4, 0.5) is 4.39 Å². The Morgan fingerprint density at radius 3 is 1.89 bits per heavy atom. The summed E-state index contributed by atoms with van der Waals surface area (Å²) in [6.07, 6.45) is 0. The molecule has 0 heterocycles. The summed E-state index contributed by atoms with van der Waals surface area (Å²) in [4.78, 5) is 0. The van der Waals surface area contributed by atoms with Gasteiger partial charge in [0.05, 0.1) is 0 Å². The zero-order valence-electron chi connectivity index (χ0n) is 4.54. The Balaban J connectivity index is 0.000000640. The van der Waals surface area contributed by atoms with Crippen LogP contribution in [0.3, 0.4) is 0 Å². The zero-order valence-corrected chi connectivity index (χ0v) is 6.87. The van der Waals surface area contributed by atoms with Crippen LogP contribution >= 0.6 is 24.0 Å². The van der Waals surface area contributed by atoms with Crippen molar-refractivity contribution in [1.29, 1.82) is 0 Å². The molecule has 1 N–H and O–H groups in total. The van der Waals surface area contributed by atoms with Crippen LogP contribution in [0.15, 0.2) is 24.3 Å². The molecule has 50 valence electrons. The van der Waals surface area contributed by atoms with E-state index in [-0.39, 0.29) is 35.5 Å². The molecule has 0 aliphatic rings.